The number of nitrogens with zero attached hydrogens (tertiary/aromatic N) is 1. The van der Waals surface area contributed by atoms with E-state index in [-0.39, 0.29) is 18.6 Å². The van der Waals surface area contributed by atoms with Gasteiger partial charge in [-0.2, -0.15) is 0 Å². The molecule has 0 aromatic heterocycles. The minimum atomic E-state index is -0.746. The molecule has 5 nitrogen and oxygen atoms in total. The van der Waals surface area contributed by atoms with Gasteiger partial charge in [-0.15, -0.1) is 0 Å². The molecule has 3 amide bonds. The molecule has 0 aromatic carbocycles. The highest BCUT2D eigenvalue weighted by molar-refractivity contribution is 6.26. The Balaban J connectivity index is 2.88. The van der Waals surface area contributed by atoms with Gasteiger partial charge >= 0.3 is 0 Å². The van der Waals surface area contributed by atoms with E-state index in [0.29, 0.717) is 4.90 Å². The van der Waals surface area contributed by atoms with E-state index in [9.17, 15) is 14.4 Å². The Kier molecular flexibility index (Phi) is 2.93. The maximum absolute atomic E-state index is 11.4. The van der Waals surface area contributed by atoms with Crippen LogP contribution in [-0.4, -0.2) is 34.3 Å². The zero-order valence-corrected chi connectivity index (χ0v) is 7.40. The number of amides is 3. The highest BCUT2D eigenvalue weighted by Gasteiger charge is 2.33. The van der Waals surface area contributed by atoms with Crippen LogP contribution in [0.2, 0.25) is 0 Å². The second kappa shape index (κ2) is 3.97. The van der Waals surface area contributed by atoms with Crippen molar-refractivity contribution in [2.24, 2.45) is 0 Å². The molecule has 0 saturated carbocycles. The van der Waals surface area contributed by atoms with Crippen LogP contribution in [-0.2, 0) is 14.4 Å². The summed E-state index contributed by atoms with van der Waals surface area (Å²) in [5, 5.41) is 8.58. The summed E-state index contributed by atoms with van der Waals surface area (Å²) in [5.74, 6) is -2.10. The van der Waals surface area contributed by atoms with Crippen molar-refractivity contribution in [3.05, 3.63) is 24.3 Å². The summed E-state index contributed by atoms with van der Waals surface area (Å²) in [4.78, 5) is 34.1. The Morgan fingerprint density at radius 2 is 2.21 bits per heavy atom. The molecule has 0 atom stereocenters. The number of hydrogen-bond acceptors (Lipinski definition) is 4. The van der Waals surface area contributed by atoms with Crippen LogP contribution in [0.15, 0.2) is 24.3 Å². The lowest BCUT2D eigenvalue weighted by molar-refractivity contribution is -0.146. The zero-order chi connectivity index (χ0) is 10.7. The summed E-state index contributed by atoms with van der Waals surface area (Å²) in [6.07, 6.45) is 2.02. The van der Waals surface area contributed by atoms with Crippen LogP contribution in [0.5, 0.6) is 0 Å². The summed E-state index contributed by atoms with van der Waals surface area (Å²) < 4.78 is 0. The fourth-order valence-electron chi connectivity index (χ4n) is 1.12. The Morgan fingerprint density at radius 3 is 2.71 bits per heavy atom. The van der Waals surface area contributed by atoms with E-state index in [1.807, 2.05) is 0 Å². The number of carbonyl (C=O) groups is 3. The molecular formula is C9H9NO4. The van der Waals surface area contributed by atoms with Crippen molar-refractivity contribution in [3.63, 3.8) is 0 Å². The molecular weight excluding hydrogens is 186 g/mol. The van der Waals surface area contributed by atoms with Gasteiger partial charge in [-0.05, 0) is 6.08 Å². The molecule has 1 aliphatic heterocycles. The first kappa shape index (κ1) is 10.3. The van der Waals surface area contributed by atoms with Gasteiger partial charge < -0.3 is 5.11 Å². The van der Waals surface area contributed by atoms with Crippen molar-refractivity contribution in [2.75, 3.05) is 6.61 Å². The second-order valence-corrected chi connectivity index (χ2v) is 2.66. The van der Waals surface area contributed by atoms with E-state index >= 15 is 0 Å². The molecule has 0 spiro atoms. The van der Waals surface area contributed by atoms with E-state index in [4.69, 9.17) is 5.11 Å². The highest BCUT2D eigenvalue weighted by atomic mass is 16.3. The Morgan fingerprint density at radius 1 is 1.57 bits per heavy atom. The van der Waals surface area contributed by atoms with Crippen LogP contribution in [0, 0.1) is 0 Å². The molecule has 1 rings (SSSR count). The van der Waals surface area contributed by atoms with Crippen LogP contribution in [0.3, 0.4) is 0 Å². The van der Waals surface area contributed by atoms with Gasteiger partial charge in [-0.25, -0.2) is 4.90 Å². The van der Waals surface area contributed by atoms with Crippen molar-refractivity contribution >= 4 is 17.7 Å². The van der Waals surface area contributed by atoms with Gasteiger partial charge in [0, 0.05) is 24.7 Å². The predicted molar refractivity (Wildman–Crippen MR) is 46.8 cm³/mol. The lowest BCUT2D eigenvalue weighted by atomic mass is 10.2. The fraction of sp³-hybridized carbons (Fsp3) is 0.222. The number of imide groups is 3. The smallest absolute Gasteiger partial charge is 0.264 e. The van der Waals surface area contributed by atoms with Crippen LogP contribution >= 0.6 is 0 Å². The lowest BCUT2D eigenvalue weighted by Gasteiger charge is -2.09. The third-order valence-corrected chi connectivity index (χ3v) is 1.77. The molecule has 0 unspecified atom stereocenters. The van der Waals surface area contributed by atoms with Gasteiger partial charge in [-0.3, -0.25) is 14.4 Å². The standard InChI is InChI=1S/C9H9NO4/c1-2-7(12)10-8(13)5-6(3-4-11)9(10)14/h2,5,11H,1,3-4H2. The van der Waals surface area contributed by atoms with Crippen LogP contribution in [0.25, 0.3) is 0 Å². The third-order valence-electron chi connectivity index (χ3n) is 1.77. The summed E-state index contributed by atoms with van der Waals surface area (Å²) in [6, 6.07) is 0. The number of aliphatic hydroxyl groups excluding tert-OH is 1. The molecule has 0 aliphatic carbocycles. The van der Waals surface area contributed by atoms with Gasteiger partial charge in [0.15, 0.2) is 0 Å². The van der Waals surface area contributed by atoms with Crippen LogP contribution in [0.1, 0.15) is 6.42 Å². The fourth-order valence-corrected chi connectivity index (χ4v) is 1.12. The summed E-state index contributed by atoms with van der Waals surface area (Å²) >= 11 is 0. The minimum absolute atomic E-state index is 0.0749. The van der Waals surface area contributed by atoms with E-state index in [2.05, 4.69) is 6.58 Å². The first-order valence-electron chi connectivity index (χ1n) is 3.98. The highest BCUT2D eigenvalue weighted by Crippen LogP contribution is 2.15. The monoisotopic (exact) mass is 195 g/mol. The molecule has 1 N–H and O–H groups in total. The normalized spacial score (nSPS) is 15.8. The van der Waals surface area contributed by atoms with E-state index in [1.165, 1.54) is 0 Å². The van der Waals surface area contributed by atoms with Crippen molar-refractivity contribution in [1.82, 2.24) is 4.90 Å². The van der Waals surface area contributed by atoms with Gasteiger partial charge in [0.2, 0.25) is 0 Å². The molecule has 0 aromatic rings. The molecule has 1 aliphatic rings. The van der Waals surface area contributed by atoms with Crippen molar-refractivity contribution in [1.29, 1.82) is 0 Å². The van der Waals surface area contributed by atoms with Gasteiger partial charge in [0.25, 0.3) is 17.7 Å². The quantitative estimate of drug-likeness (QED) is 0.481. The molecule has 74 valence electrons. The number of aliphatic hydroxyl groups is 1. The number of hydrogen-bond donors (Lipinski definition) is 1. The average Bonchev–Trinajstić information content (AvgIpc) is 2.42. The minimum Gasteiger partial charge on any atom is -0.396 e. The lowest BCUT2D eigenvalue weighted by Crippen LogP contribution is -2.35. The molecule has 1 heterocycles. The third kappa shape index (κ3) is 1.62. The van der Waals surface area contributed by atoms with Gasteiger partial charge in [0.1, 0.15) is 0 Å². The molecule has 14 heavy (non-hydrogen) atoms. The van der Waals surface area contributed by atoms with Gasteiger partial charge in [-0.1, -0.05) is 6.58 Å². The topological polar surface area (TPSA) is 74.7 Å². The van der Waals surface area contributed by atoms with Crippen LogP contribution in [0.4, 0.5) is 0 Å². The molecule has 0 fully saturated rings. The average molecular weight is 195 g/mol. The first-order chi connectivity index (χ1) is 6.61. The van der Waals surface area contributed by atoms with E-state index in [1.54, 1.807) is 0 Å². The molecule has 5 heteroatoms. The number of carbonyl (C=O) groups excluding carboxylic acids is 3. The predicted octanol–water partition coefficient (Wildman–Crippen LogP) is -0.623. The van der Waals surface area contributed by atoms with Crippen molar-refractivity contribution < 1.29 is 19.5 Å². The Labute approximate surface area is 80.3 Å². The zero-order valence-electron chi connectivity index (χ0n) is 7.40. The maximum atomic E-state index is 11.4. The van der Waals surface area contributed by atoms with Gasteiger partial charge in [0.05, 0.1) is 0 Å². The second-order valence-electron chi connectivity index (χ2n) is 2.66. The molecule has 0 radical (unpaired) electrons. The Hall–Kier alpha value is -1.75. The maximum Gasteiger partial charge on any atom is 0.264 e. The largest absolute Gasteiger partial charge is 0.396 e. The van der Waals surface area contributed by atoms with E-state index in [0.717, 1.165) is 12.2 Å². The summed E-state index contributed by atoms with van der Waals surface area (Å²) in [5.41, 5.74) is 0.146. The Bertz CT molecular complexity index is 343. The van der Waals surface area contributed by atoms with Crippen molar-refractivity contribution in [2.45, 2.75) is 6.42 Å². The van der Waals surface area contributed by atoms with Crippen molar-refractivity contribution in [3.8, 4) is 0 Å². The molecule has 0 saturated heterocycles. The SMILES string of the molecule is C=CC(=O)N1C(=O)C=C(CCO)C1=O. The first-order valence-corrected chi connectivity index (χ1v) is 3.98. The summed E-state index contributed by atoms with van der Waals surface area (Å²) in [6.45, 7) is 2.94. The number of rotatable bonds is 3. The summed E-state index contributed by atoms with van der Waals surface area (Å²) in [7, 11) is 0. The molecule has 0 bridgehead atoms. The van der Waals surface area contributed by atoms with Crippen LogP contribution < -0.4 is 0 Å². The van der Waals surface area contributed by atoms with E-state index < -0.39 is 17.7 Å².